The summed E-state index contributed by atoms with van der Waals surface area (Å²) < 4.78 is 49.5. The molecule has 21 heavy (non-hydrogen) atoms. The molecule has 5 nitrogen and oxygen atoms in total. The minimum absolute atomic E-state index is 0.0744. The van der Waals surface area contributed by atoms with Crippen LogP contribution in [0.1, 0.15) is 25.3 Å². The first kappa shape index (κ1) is 16.5. The standard InChI is InChI=1S/C14H21NO4S2/c1-2-3-12-4-6-14(7-5-12)21(18,19)15-10-13-8-9-20(16,17)11-13/h4-7,13,15H,2-3,8-11H2,1H3. The number of rotatable bonds is 6. The molecule has 1 aromatic carbocycles. The third-order valence-corrected chi connectivity index (χ3v) is 6.94. The van der Waals surface area contributed by atoms with Crippen molar-refractivity contribution in [1.82, 2.24) is 4.72 Å². The highest BCUT2D eigenvalue weighted by atomic mass is 32.2. The normalized spacial score (nSPS) is 21.5. The third kappa shape index (κ3) is 4.52. The Labute approximate surface area is 126 Å². The predicted octanol–water partition coefficient (Wildman–Crippen LogP) is 1.35. The van der Waals surface area contributed by atoms with Crippen molar-refractivity contribution in [1.29, 1.82) is 0 Å². The third-order valence-electron chi connectivity index (χ3n) is 3.66. The van der Waals surface area contributed by atoms with E-state index in [0.29, 0.717) is 6.42 Å². The van der Waals surface area contributed by atoms with E-state index in [4.69, 9.17) is 0 Å². The summed E-state index contributed by atoms with van der Waals surface area (Å²) >= 11 is 0. The van der Waals surface area contributed by atoms with Crippen molar-refractivity contribution in [3.05, 3.63) is 29.8 Å². The van der Waals surface area contributed by atoms with Gasteiger partial charge >= 0.3 is 0 Å². The van der Waals surface area contributed by atoms with Crippen LogP contribution >= 0.6 is 0 Å². The van der Waals surface area contributed by atoms with Gasteiger partial charge in [0.05, 0.1) is 16.4 Å². The Balaban J connectivity index is 1.98. The van der Waals surface area contributed by atoms with Crippen molar-refractivity contribution >= 4 is 19.9 Å². The fraction of sp³-hybridized carbons (Fsp3) is 0.571. The molecule has 118 valence electrons. The van der Waals surface area contributed by atoms with Crippen LogP contribution in [-0.2, 0) is 26.3 Å². The maximum atomic E-state index is 12.2. The van der Waals surface area contributed by atoms with E-state index >= 15 is 0 Å². The molecule has 2 rings (SSSR count). The van der Waals surface area contributed by atoms with Gasteiger partial charge in [0, 0.05) is 6.54 Å². The molecular weight excluding hydrogens is 310 g/mol. The quantitative estimate of drug-likeness (QED) is 0.853. The number of sulfonamides is 1. The van der Waals surface area contributed by atoms with E-state index < -0.39 is 19.9 Å². The van der Waals surface area contributed by atoms with Crippen LogP contribution < -0.4 is 4.72 Å². The largest absolute Gasteiger partial charge is 0.240 e. The molecule has 1 N–H and O–H groups in total. The highest BCUT2D eigenvalue weighted by molar-refractivity contribution is 7.91. The average molecular weight is 331 g/mol. The molecule has 1 unspecified atom stereocenters. The van der Waals surface area contributed by atoms with Gasteiger partial charge in [-0.25, -0.2) is 21.6 Å². The van der Waals surface area contributed by atoms with Crippen molar-refractivity contribution in [2.75, 3.05) is 18.1 Å². The fourth-order valence-corrected chi connectivity index (χ4v) is 5.45. The molecule has 1 heterocycles. The van der Waals surface area contributed by atoms with Gasteiger partial charge in [-0.2, -0.15) is 0 Å². The molecule has 0 spiro atoms. The van der Waals surface area contributed by atoms with Gasteiger partial charge in [0.15, 0.2) is 9.84 Å². The van der Waals surface area contributed by atoms with Gasteiger partial charge in [-0.1, -0.05) is 25.5 Å². The maximum Gasteiger partial charge on any atom is 0.240 e. The van der Waals surface area contributed by atoms with E-state index in [9.17, 15) is 16.8 Å². The van der Waals surface area contributed by atoms with Gasteiger partial charge in [0.25, 0.3) is 0 Å². The SMILES string of the molecule is CCCc1ccc(S(=O)(=O)NCC2CCS(=O)(=O)C2)cc1. The molecule has 1 saturated heterocycles. The lowest BCUT2D eigenvalue weighted by Crippen LogP contribution is -2.29. The molecule has 7 heteroatoms. The van der Waals surface area contributed by atoms with E-state index in [0.717, 1.165) is 18.4 Å². The Morgan fingerprint density at radius 1 is 1.24 bits per heavy atom. The molecule has 0 aliphatic carbocycles. The molecule has 0 aromatic heterocycles. The van der Waals surface area contributed by atoms with Crippen molar-refractivity contribution in [2.24, 2.45) is 5.92 Å². The van der Waals surface area contributed by atoms with Crippen LogP contribution in [-0.4, -0.2) is 34.9 Å². The molecule has 1 aromatic rings. The highest BCUT2D eigenvalue weighted by Gasteiger charge is 2.28. The predicted molar refractivity (Wildman–Crippen MR) is 82.4 cm³/mol. The summed E-state index contributed by atoms with van der Waals surface area (Å²) in [5, 5.41) is 0. The van der Waals surface area contributed by atoms with Crippen molar-refractivity contribution in [3.8, 4) is 0 Å². The van der Waals surface area contributed by atoms with Crippen LogP contribution in [0.15, 0.2) is 29.2 Å². The van der Waals surface area contributed by atoms with Gasteiger partial charge in [-0.05, 0) is 36.5 Å². The topological polar surface area (TPSA) is 80.3 Å². The Morgan fingerprint density at radius 2 is 1.90 bits per heavy atom. The zero-order valence-electron chi connectivity index (χ0n) is 12.1. The van der Waals surface area contributed by atoms with Gasteiger partial charge in [0.2, 0.25) is 10.0 Å². The summed E-state index contributed by atoms with van der Waals surface area (Å²) in [5.74, 6) is 0.111. The number of hydrogen-bond acceptors (Lipinski definition) is 4. The highest BCUT2D eigenvalue weighted by Crippen LogP contribution is 2.18. The lowest BCUT2D eigenvalue weighted by Gasteiger charge is -2.11. The van der Waals surface area contributed by atoms with Gasteiger partial charge in [0.1, 0.15) is 0 Å². The lowest BCUT2D eigenvalue weighted by molar-refractivity contribution is 0.543. The molecule has 1 fully saturated rings. The minimum atomic E-state index is -3.56. The van der Waals surface area contributed by atoms with E-state index in [2.05, 4.69) is 11.6 Å². The second-order valence-electron chi connectivity index (χ2n) is 5.51. The van der Waals surface area contributed by atoms with E-state index in [1.54, 1.807) is 12.1 Å². The summed E-state index contributed by atoms with van der Waals surface area (Å²) in [6.07, 6.45) is 2.47. The Morgan fingerprint density at radius 3 is 2.43 bits per heavy atom. The average Bonchev–Trinajstić information content (AvgIpc) is 2.77. The maximum absolute atomic E-state index is 12.2. The van der Waals surface area contributed by atoms with E-state index in [1.807, 2.05) is 12.1 Å². The number of hydrogen-bond donors (Lipinski definition) is 1. The lowest BCUT2D eigenvalue weighted by atomic mass is 10.1. The fourth-order valence-electron chi connectivity index (χ4n) is 2.47. The molecule has 0 amide bonds. The minimum Gasteiger partial charge on any atom is -0.229 e. The van der Waals surface area contributed by atoms with Gasteiger partial charge in [-0.15, -0.1) is 0 Å². The molecule has 0 bridgehead atoms. The molecule has 1 aliphatic heterocycles. The van der Waals surface area contributed by atoms with Crippen LogP contribution in [0.5, 0.6) is 0 Å². The van der Waals surface area contributed by atoms with E-state index in [-0.39, 0.29) is 28.9 Å². The van der Waals surface area contributed by atoms with Crippen LogP contribution in [0.2, 0.25) is 0 Å². The van der Waals surface area contributed by atoms with Crippen molar-refractivity contribution < 1.29 is 16.8 Å². The Bertz CT molecular complexity index is 678. The Kier molecular flexibility index (Phi) is 5.06. The number of sulfone groups is 1. The van der Waals surface area contributed by atoms with Gasteiger partial charge < -0.3 is 0 Å². The molecule has 0 saturated carbocycles. The monoisotopic (exact) mass is 331 g/mol. The molecular formula is C14H21NO4S2. The van der Waals surface area contributed by atoms with Crippen molar-refractivity contribution in [2.45, 2.75) is 31.1 Å². The van der Waals surface area contributed by atoms with Crippen LogP contribution in [0.3, 0.4) is 0 Å². The summed E-state index contributed by atoms with van der Waals surface area (Å²) in [5.41, 5.74) is 1.11. The number of aryl methyl sites for hydroxylation is 1. The number of nitrogens with one attached hydrogen (secondary N) is 1. The zero-order chi connectivity index (χ0) is 15.5. The second kappa shape index (κ2) is 6.46. The Hall–Kier alpha value is -0.920. The van der Waals surface area contributed by atoms with Crippen LogP contribution in [0.25, 0.3) is 0 Å². The van der Waals surface area contributed by atoms with Crippen LogP contribution in [0, 0.1) is 5.92 Å². The number of benzene rings is 1. The zero-order valence-corrected chi connectivity index (χ0v) is 13.7. The summed E-state index contributed by atoms with van der Waals surface area (Å²) in [4.78, 5) is 0.225. The first-order chi connectivity index (χ1) is 9.82. The summed E-state index contributed by atoms with van der Waals surface area (Å²) in [7, 11) is -6.54. The summed E-state index contributed by atoms with van der Waals surface area (Å²) in [6, 6.07) is 6.83. The van der Waals surface area contributed by atoms with Gasteiger partial charge in [-0.3, -0.25) is 0 Å². The summed E-state index contributed by atoms with van der Waals surface area (Å²) in [6.45, 7) is 2.25. The smallest absolute Gasteiger partial charge is 0.229 e. The first-order valence-electron chi connectivity index (χ1n) is 7.11. The van der Waals surface area contributed by atoms with Crippen LogP contribution in [0.4, 0.5) is 0 Å². The first-order valence-corrected chi connectivity index (χ1v) is 10.4. The van der Waals surface area contributed by atoms with Crippen molar-refractivity contribution in [3.63, 3.8) is 0 Å². The van der Waals surface area contributed by atoms with E-state index in [1.165, 1.54) is 0 Å². The second-order valence-corrected chi connectivity index (χ2v) is 9.51. The molecule has 1 atom stereocenters. The molecule has 1 aliphatic rings. The molecule has 0 radical (unpaired) electrons.